The van der Waals surface area contributed by atoms with Gasteiger partial charge in [0.15, 0.2) is 17.6 Å². The van der Waals surface area contributed by atoms with Gasteiger partial charge in [-0.1, -0.05) is 30.3 Å². The number of benzene rings is 1. The first-order valence-electron chi connectivity index (χ1n) is 5.25. The summed E-state index contributed by atoms with van der Waals surface area (Å²) < 4.78 is 0. The second-order valence-corrected chi connectivity index (χ2v) is 3.79. The van der Waals surface area contributed by atoms with Crippen molar-refractivity contribution in [3.05, 3.63) is 47.3 Å². The van der Waals surface area contributed by atoms with Crippen molar-refractivity contribution in [1.82, 2.24) is 9.80 Å². The van der Waals surface area contributed by atoms with Gasteiger partial charge in [-0.2, -0.15) is 15.8 Å². The Balaban J connectivity index is 2.52. The fourth-order valence-electron chi connectivity index (χ4n) is 2.04. The Morgan fingerprint density at radius 1 is 1.00 bits per heavy atom. The lowest BCUT2D eigenvalue weighted by Gasteiger charge is -2.26. The molecular formula is C13H9N5. The van der Waals surface area contributed by atoms with Gasteiger partial charge in [0.25, 0.3) is 0 Å². The molecule has 1 unspecified atom stereocenters. The van der Waals surface area contributed by atoms with Crippen molar-refractivity contribution in [2.24, 2.45) is 0 Å². The Kier molecular flexibility index (Phi) is 2.87. The summed E-state index contributed by atoms with van der Waals surface area (Å²) in [5.74, 6) is 0. The molecule has 1 atom stereocenters. The molecule has 0 spiro atoms. The van der Waals surface area contributed by atoms with Crippen LogP contribution in [0, 0.1) is 34.1 Å². The molecule has 0 N–H and O–H groups in total. The van der Waals surface area contributed by atoms with Gasteiger partial charge in [0, 0.05) is 7.05 Å². The zero-order chi connectivity index (χ0) is 13.1. The number of nitriles is 3. The molecule has 1 aliphatic heterocycles. The molecule has 1 aromatic rings. The first-order chi connectivity index (χ1) is 8.74. The van der Waals surface area contributed by atoms with E-state index in [1.807, 2.05) is 48.7 Å². The number of nitrogens with zero attached hydrogens (tertiary/aromatic N) is 5. The minimum absolute atomic E-state index is 0.0938. The van der Waals surface area contributed by atoms with Crippen LogP contribution in [0.25, 0.3) is 0 Å². The molecule has 0 saturated heterocycles. The van der Waals surface area contributed by atoms with Crippen LogP contribution < -0.4 is 0 Å². The molecule has 0 bridgehead atoms. The largest absolute Gasteiger partial charge is 0.339 e. The van der Waals surface area contributed by atoms with Crippen LogP contribution in [0.2, 0.25) is 0 Å². The highest BCUT2D eigenvalue weighted by molar-refractivity contribution is 5.43. The van der Waals surface area contributed by atoms with Gasteiger partial charge >= 0.3 is 0 Å². The second kappa shape index (κ2) is 4.49. The van der Waals surface area contributed by atoms with Crippen LogP contribution >= 0.6 is 0 Å². The van der Waals surface area contributed by atoms with E-state index in [1.54, 1.807) is 11.9 Å². The molecule has 5 heteroatoms. The molecule has 0 fully saturated rings. The Morgan fingerprint density at radius 3 is 2.11 bits per heavy atom. The van der Waals surface area contributed by atoms with Crippen LogP contribution in [-0.4, -0.2) is 16.8 Å². The number of rotatable bonds is 1. The molecule has 0 radical (unpaired) electrons. The zero-order valence-corrected chi connectivity index (χ0v) is 9.70. The van der Waals surface area contributed by atoms with Crippen LogP contribution in [-0.2, 0) is 0 Å². The van der Waals surface area contributed by atoms with Gasteiger partial charge in [-0.05, 0) is 5.56 Å². The first kappa shape index (κ1) is 11.5. The fourth-order valence-corrected chi connectivity index (χ4v) is 2.04. The summed E-state index contributed by atoms with van der Waals surface area (Å²) in [7, 11) is 1.70. The van der Waals surface area contributed by atoms with Gasteiger partial charge in [-0.15, -0.1) is 0 Å². The van der Waals surface area contributed by atoms with E-state index in [9.17, 15) is 5.26 Å². The average molecular weight is 235 g/mol. The molecular weight excluding hydrogens is 226 g/mol. The minimum Gasteiger partial charge on any atom is -0.339 e. The van der Waals surface area contributed by atoms with E-state index >= 15 is 0 Å². The minimum atomic E-state index is -0.430. The van der Waals surface area contributed by atoms with Crippen molar-refractivity contribution >= 4 is 0 Å². The zero-order valence-electron chi connectivity index (χ0n) is 9.70. The molecule has 1 aromatic carbocycles. The molecule has 0 amide bonds. The quantitative estimate of drug-likeness (QED) is 0.692. The standard InChI is InChI=1S/C13H9N5/c1-17-11(7-14)12(8-15)18(9-16)13(17)10-5-3-2-4-6-10/h2-6,13H,1H3. The molecule has 86 valence electrons. The second-order valence-electron chi connectivity index (χ2n) is 3.79. The van der Waals surface area contributed by atoms with Crippen molar-refractivity contribution in [3.8, 4) is 18.3 Å². The molecule has 1 heterocycles. The number of hydrogen-bond acceptors (Lipinski definition) is 5. The summed E-state index contributed by atoms with van der Waals surface area (Å²) in [5.41, 5.74) is 1.17. The molecule has 2 rings (SSSR count). The van der Waals surface area contributed by atoms with Gasteiger partial charge in [0.1, 0.15) is 18.3 Å². The lowest BCUT2D eigenvalue weighted by molar-refractivity contribution is 0.225. The van der Waals surface area contributed by atoms with Crippen LogP contribution in [0.3, 0.4) is 0 Å². The van der Waals surface area contributed by atoms with Crippen molar-refractivity contribution in [1.29, 1.82) is 15.8 Å². The third-order valence-corrected chi connectivity index (χ3v) is 2.85. The third kappa shape index (κ3) is 1.54. The van der Waals surface area contributed by atoms with Gasteiger partial charge in [0.2, 0.25) is 0 Å². The highest BCUT2D eigenvalue weighted by Crippen LogP contribution is 2.36. The topological polar surface area (TPSA) is 77.8 Å². The van der Waals surface area contributed by atoms with E-state index in [2.05, 4.69) is 0 Å². The van der Waals surface area contributed by atoms with E-state index in [0.717, 1.165) is 5.56 Å². The van der Waals surface area contributed by atoms with Crippen LogP contribution in [0.15, 0.2) is 41.7 Å². The first-order valence-corrected chi connectivity index (χ1v) is 5.25. The highest BCUT2D eigenvalue weighted by atomic mass is 15.4. The van der Waals surface area contributed by atoms with Crippen LogP contribution in [0.4, 0.5) is 0 Å². The molecule has 0 aliphatic carbocycles. The number of hydrogen-bond donors (Lipinski definition) is 0. The Morgan fingerprint density at radius 2 is 1.61 bits per heavy atom. The smallest absolute Gasteiger partial charge is 0.187 e. The lowest BCUT2D eigenvalue weighted by atomic mass is 10.1. The summed E-state index contributed by atoms with van der Waals surface area (Å²) in [6.45, 7) is 0. The Labute approximate surface area is 105 Å². The molecule has 0 saturated carbocycles. The van der Waals surface area contributed by atoms with Crippen LogP contribution in [0.1, 0.15) is 11.7 Å². The van der Waals surface area contributed by atoms with Crippen molar-refractivity contribution < 1.29 is 0 Å². The van der Waals surface area contributed by atoms with Crippen molar-refractivity contribution in [2.75, 3.05) is 7.05 Å². The van der Waals surface area contributed by atoms with Gasteiger partial charge in [-0.25, -0.2) is 4.90 Å². The maximum Gasteiger partial charge on any atom is 0.187 e. The number of allylic oxidation sites excluding steroid dienone is 2. The highest BCUT2D eigenvalue weighted by Gasteiger charge is 2.37. The SMILES string of the molecule is CN1C(C#N)=C(C#N)N(C#N)C1c1ccccc1. The molecule has 5 nitrogen and oxygen atoms in total. The van der Waals surface area contributed by atoms with Crippen molar-refractivity contribution in [2.45, 2.75) is 6.17 Å². The summed E-state index contributed by atoms with van der Waals surface area (Å²) in [6, 6.07) is 13.2. The predicted molar refractivity (Wildman–Crippen MR) is 62.7 cm³/mol. The maximum absolute atomic E-state index is 9.18. The molecule has 0 aromatic heterocycles. The summed E-state index contributed by atoms with van der Waals surface area (Å²) in [5, 5.41) is 27.3. The van der Waals surface area contributed by atoms with E-state index < -0.39 is 6.17 Å². The molecule has 18 heavy (non-hydrogen) atoms. The average Bonchev–Trinajstić information content (AvgIpc) is 2.70. The fraction of sp³-hybridized carbons (Fsp3) is 0.154. The van der Waals surface area contributed by atoms with Gasteiger partial charge < -0.3 is 4.90 Å². The van der Waals surface area contributed by atoms with E-state index in [4.69, 9.17) is 10.5 Å². The Hall–Kier alpha value is -2.97. The van der Waals surface area contributed by atoms with Crippen molar-refractivity contribution in [3.63, 3.8) is 0 Å². The monoisotopic (exact) mass is 235 g/mol. The maximum atomic E-state index is 9.18. The Bertz CT molecular complexity index is 612. The van der Waals surface area contributed by atoms with Gasteiger partial charge in [-0.3, -0.25) is 0 Å². The van der Waals surface area contributed by atoms with E-state index in [0.29, 0.717) is 0 Å². The normalized spacial score (nSPS) is 18.2. The van der Waals surface area contributed by atoms with E-state index in [-0.39, 0.29) is 11.4 Å². The van der Waals surface area contributed by atoms with Crippen LogP contribution in [0.5, 0.6) is 0 Å². The summed E-state index contributed by atoms with van der Waals surface area (Å²) >= 11 is 0. The lowest BCUT2D eigenvalue weighted by Crippen LogP contribution is -2.27. The van der Waals surface area contributed by atoms with E-state index in [1.165, 1.54) is 4.90 Å². The third-order valence-electron chi connectivity index (χ3n) is 2.85. The molecule has 1 aliphatic rings. The predicted octanol–water partition coefficient (Wildman–Crippen LogP) is 1.67. The van der Waals surface area contributed by atoms with Gasteiger partial charge in [0.05, 0.1) is 0 Å². The summed E-state index contributed by atoms with van der Waals surface area (Å²) in [6.07, 6.45) is 1.54. The summed E-state index contributed by atoms with van der Waals surface area (Å²) in [4.78, 5) is 2.89.